The van der Waals surface area contributed by atoms with Crippen LogP contribution in [-0.4, -0.2) is 57.5 Å². The van der Waals surface area contributed by atoms with E-state index >= 15 is 0 Å². The first-order valence-electron chi connectivity index (χ1n) is 15.9. The summed E-state index contributed by atoms with van der Waals surface area (Å²) < 4.78 is 27.3. The third-order valence-corrected chi connectivity index (χ3v) is 8.83. The van der Waals surface area contributed by atoms with E-state index in [1.807, 2.05) is 91.9 Å². The van der Waals surface area contributed by atoms with Gasteiger partial charge in [0.2, 0.25) is 5.91 Å². The largest absolute Gasteiger partial charge is 0.496 e. The molecule has 0 aliphatic carbocycles. The number of benzene rings is 4. The van der Waals surface area contributed by atoms with Gasteiger partial charge in [0.25, 0.3) is 0 Å². The number of methoxy groups -OCH3 is 3. The lowest BCUT2D eigenvalue weighted by Gasteiger charge is -2.22. The van der Waals surface area contributed by atoms with Gasteiger partial charge in [0.1, 0.15) is 12.4 Å². The molecule has 1 fully saturated rings. The molecule has 2 atom stereocenters. The van der Waals surface area contributed by atoms with Crippen LogP contribution in [0, 0.1) is 6.92 Å². The van der Waals surface area contributed by atoms with Crippen molar-refractivity contribution < 1.29 is 33.3 Å². The first-order valence-corrected chi connectivity index (χ1v) is 17.0. The first-order chi connectivity index (χ1) is 23.4. The number of carbonyl (C=O) groups excluding carboxylic acids is 2. The van der Waals surface area contributed by atoms with E-state index in [1.165, 1.54) is 16.0 Å². The summed E-state index contributed by atoms with van der Waals surface area (Å²) in [5.74, 6) is 1.89. The van der Waals surface area contributed by atoms with Crippen LogP contribution in [0.1, 0.15) is 46.6 Å². The molecular formula is C39H44BrNO7. The number of ether oxygens (including phenoxy) is 5. The van der Waals surface area contributed by atoms with Gasteiger partial charge in [-0.25, -0.2) is 9.69 Å². The lowest BCUT2D eigenvalue weighted by atomic mass is 9.94. The number of hydrogen-bond acceptors (Lipinski definition) is 7. The Labute approximate surface area is 292 Å². The van der Waals surface area contributed by atoms with E-state index in [9.17, 15) is 9.59 Å². The van der Waals surface area contributed by atoms with Crippen molar-refractivity contribution >= 4 is 27.9 Å². The van der Waals surface area contributed by atoms with Gasteiger partial charge in [0, 0.05) is 17.7 Å². The highest BCUT2D eigenvalue weighted by Gasteiger charge is 2.37. The molecule has 1 aliphatic rings. The van der Waals surface area contributed by atoms with E-state index in [4.69, 9.17) is 23.7 Å². The summed E-state index contributed by atoms with van der Waals surface area (Å²) in [6.07, 6.45) is 0.686. The van der Waals surface area contributed by atoms with E-state index < -0.39 is 6.09 Å². The molecule has 254 valence electrons. The number of hydrogen-bond donors (Lipinski definition) is 0. The molecule has 0 aromatic heterocycles. The number of rotatable bonds is 14. The van der Waals surface area contributed by atoms with E-state index in [1.54, 1.807) is 21.3 Å². The second-order valence-corrected chi connectivity index (χ2v) is 12.0. The molecule has 1 aliphatic heterocycles. The molecule has 4 aromatic carbocycles. The average molecular weight is 719 g/mol. The van der Waals surface area contributed by atoms with Gasteiger partial charge >= 0.3 is 6.09 Å². The van der Waals surface area contributed by atoms with Crippen LogP contribution in [0.25, 0.3) is 0 Å². The van der Waals surface area contributed by atoms with Crippen LogP contribution in [0.3, 0.4) is 0 Å². The zero-order chi connectivity index (χ0) is 34.3. The molecule has 0 unspecified atom stereocenters. The summed E-state index contributed by atoms with van der Waals surface area (Å²) in [5.41, 5.74) is 5.53. The van der Waals surface area contributed by atoms with E-state index in [2.05, 4.69) is 28.1 Å². The maximum atomic E-state index is 13.3. The van der Waals surface area contributed by atoms with Crippen LogP contribution < -0.4 is 14.2 Å². The molecule has 1 heterocycles. The van der Waals surface area contributed by atoms with Crippen molar-refractivity contribution in [3.63, 3.8) is 0 Å². The van der Waals surface area contributed by atoms with Gasteiger partial charge in [0.15, 0.2) is 11.5 Å². The Morgan fingerprint density at radius 2 is 1.50 bits per heavy atom. The molecule has 5 rings (SSSR count). The highest BCUT2D eigenvalue weighted by atomic mass is 79.9. The lowest BCUT2D eigenvalue weighted by molar-refractivity contribution is -0.129. The SMILES string of the molecule is COc1cc(CBr)ccc1C.COc1ccc([C@H](CCC(=O)N2C(=O)OC[C@@H]2Cc2ccccc2)COCc2ccccc2)cc1OC. The van der Waals surface area contributed by atoms with Crippen molar-refractivity contribution in [3.05, 3.63) is 125 Å². The smallest absolute Gasteiger partial charge is 0.416 e. The number of aryl methyl sites for hydroxylation is 1. The Balaban J connectivity index is 0.000000401. The van der Waals surface area contributed by atoms with Crippen LogP contribution in [0.15, 0.2) is 97.1 Å². The first kappa shape index (κ1) is 36.5. The zero-order valence-corrected chi connectivity index (χ0v) is 29.6. The zero-order valence-electron chi connectivity index (χ0n) is 28.0. The molecule has 1 saturated heterocycles. The third-order valence-electron chi connectivity index (χ3n) is 8.19. The Bertz CT molecular complexity index is 1600. The standard InChI is InChI=1S/C30H33NO6.C9H11BrO/c1-34-27-15-13-24(18-28(27)35-2)25(20-36-19-23-11-7-4-8-12-23)14-16-29(32)31-26(21-37-30(31)33)17-22-9-5-3-6-10-22;1-7-3-4-8(6-10)5-9(7)11-2/h3-13,15,18,25-26H,14,16-17,19-21H2,1-2H3;3-5H,6H2,1-2H3/t25-,26+;/m1./s1. The topological polar surface area (TPSA) is 83.5 Å². The van der Waals surface area contributed by atoms with E-state index in [0.717, 1.165) is 27.8 Å². The Kier molecular flexibility index (Phi) is 14.3. The summed E-state index contributed by atoms with van der Waals surface area (Å²) >= 11 is 3.39. The molecule has 0 radical (unpaired) electrons. The maximum Gasteiger partial charge on any atom is 0.416 e. The number of alkyl halides is 1. The summed E-state index contributed by atoms with van der Waals surface area (Å²) in [6, 6.07) is 31.4. The summed E-state index contributed by atoms with van der Waals surface area (Å²) in [5, 5.41) is 0.879. The summed E-state index contributed by atoms with van der Waals surface area (Å²) in [6.45, 7) is 3.13. The molecule has 0 N–H and O–H groups in total. The number of halogens is 1. The summed E-state index contributed by atoms with van der Waals surface area (Å²) in [4.78, 5) is 27.0. The fraction of sp³-hybridized carbons (Fsp3) is 0.333. The van der Waals surface area contributed by atoms with Gasteiger partial charge in [-0.2, -0.15) is 0 Å². The minimum atomic E-state index is -0.575. The minimum absolute atomic E-state index is 0.0846. The minimum Gasteiger partial charge on any atom is -0.496 e. The second kappa shape index (κ2) is 18.9. The van der Waals surface area contributed by atoms with Crippen molar-refractivity contribution in [3.8, 4) is 17.2 Å². The molecule has 8 nitrogen and oxygen atoms in total. The van der Waals surface area contributed by atoms with Crippen LogP contribution in [-0.2, 0) is 32.6 Å². The average Bonchev–Trinajstić information content (AvgIpc) is 3.49. The fourth-order valence-electron chi connectivity index (χ4n) is 5.51. The predicted molar refractivity (Wildman–Crippen MR) is 190 cm³/mol. The van der Waals surface area contributed by atoms with Crippen molar-refractivity contribution in [2.75, 3.05) is 34.5 Å². The van der Waals surface area contributed by atoms with E-state index in [0.29, 0.717) is 37.6 Å². The third kappa shape index (κ3) is 10.3. The number of nitrogens with zero attached hydrogens (tertiary/aromatic N) is 1. The highest BCUT2D eigenvalue weighted by Crippen LogP contribution is 2.33. The molecule has 9 heteroatoms. The van der Waals surface area contributed by atoms with E-state index in [-0.39, 0.29) is 30.9 Å². The molecular weight excluding hydrogens is 674 g/mol. The molecule has 48 heavy (non-hydrogen) atoms. The van der Waals surface area contributed by atoms with Crippen LogP contribution in [0.4, 0.5) is 4.79 Å². The molecule has 0 saturated carbocycles. The highest BCUT2D eigenvalue weighted by molar-refractivity contribution is 9.08. The number of carbonyl (C=O) groups is 2. The van der Waals surface area contributed by atoms with Crippen molar-refractivity contribution in [2.45, 2.75) is 50.1 Å². The molecule has 0 spiro atoms. The van der Waals surface area contributed by atoms with Gasteiger partial charge < -0.3 is 23.7 Å². The van der Waals surface area contributed by atoms with Gasteiger partial charge in [-0.15, -0.1) is 0 Å². The fourth-order valence-corrected chi connectivity index (χ4v) is 5.86. The molecule has 4 aromatic rings. The number of cyclic esters (lactones) is 1. The molecule has 0 bridgehead atoms. The van der Waals surface area contributed by atoms with Crippen molar-refractivity contribution in [1.29, 1.82) is 0 Å². The normalized spacial score (nSPS) is 14.4. The summed E-state index contributed by atoms with van der Waals surface area (Å²) in [7, 11) is 4.88. The van der Waals surface area contributed by atoms with Gasteiger partial charge in [-0.1, -0.05) is 94.8 Å². The van der Waals surface area contributed by atoms with Gasteiger partial charge in [-0.3, -0.25) is 4.79 Å². The van der Waals surface area contributed by atoms with Gasteiger partial charge in [0.05, 0.1) is 40.6 Å². The van der Waals surface area contributed by atoms with Crippen LogP contribution in [0.5, 0.6) is 17.2 Å². The second-order valence-electron chi connectivity index (χ2n) is 11.5. The predicted octanol–water partition coefficient (Wildman–Crippen LogP) is 8.27. The maximum absolute atomic E-state index is 13.3. The van der Waals surface area contributed by atoms with Crippen molar-refractivity contribution in [1.82, 2.24) is 4.90 Å². The Morgan fingerprint density at radius 1 is 0.833 bits per heavy atom. The number of amides is 2. The quantitative estimate of drug-likeness (QED) is 0.121. The Morgan fingerprint density at radius 3 is 2.15 bits per heavy atom. The van der Waals surface area contributed by atoms with Gasteiger partial charge in [-0.05, 0) is 65.8 Å². The monoisotopic (exact) mass is 717 g/mol. The number of imide groups is 1. The Hall–Kier alpha value is -4.34. The van der Waals surface area contributed by atoms with Crippen LogP contribution in [0.2, 0.25) is 0 Å². The van der Waals surface area contributed by atoms with Crippen LogP contribution >= 0.6 is 15.9 Å². The lowest BCUT2D eigenvalue weighted by Crippen LogP contribution is -2.40. The van der Waals surface area contributed by atoms with Crippen molar-refractivity contribution in [2.24, 2.45) is 0 Å². The molecule has 2 amide bonds.